The predicted octanol–water partition coefficient (Wildman–Crippen LogP) is 4.53. The van der Waals surface area contributed by atoms with Crippen LogP contribution in [0.1, 0.15) is 88.6 Å². The molecule has 2 saturated heterocycles. The molecule has 0 unspecified atom stereocenters. The molecule has 2 fully saturated rings. The van der Waals surface area contributed by atoms with Crippen molar-refractivity contribution in [2.45, 2.75) is 117 Å². The average Bonchev–Trinajstić information content (AvgIpc) is 4.03. The zero-order valence-electron chi connectivity index (χ0n) is 39.6. The van der Waals surface area contributed by atoms with E-state index in [4.69, 9.17) is 19.6 Å². The third kappa shape index (κ3) is 15.1. The van der Waals surface area contributed by atoms with E-state index in [1.54, 1.807) is 13.0 Å². The first-order valence-corrected chi connectivity index (χ1v) is 23.1. The second kappa shape index (κ2) is 23.6. The van der Waals surface area contributed by atoms with Gasteiger partial charge in [-0.2, -0.15) is 0 Å². The average molecular weight is 910 g/mol. The monoisotopic (exact) mass is 910 g/mol. The lowest BCUT2D eigenvalue weighted by Crippen LogP contribution is -2.61. The molecule has 0 saturated carbocycles. The van der Waals surface area contributed by atoms with Crippen molar-refractivity contribution in [1.29, 1.82) is 5.41 Å². The minimum atomic E-state index is -1.08. The lowest BCUT2D eigenvalue weighted by Gasteiger charge is -2.41. The van der Waals surface area contributed by atoms with Crippen LogP contribution in [0.5, 0.6) is 5.75 Å². The standard InChI is InChI=1S/C51H68N6O9/c1-33(2)24-42(47(60)51(7)32-65-51)54-50(63)44(28-38-16-12-9-13-17-38)56-49(62)43(25-34(3)4)55-48(61)41(19-18-37-14-10-8-11-15-37)53-45(59)31-57(20-22-64-23-21-57)30-39-26-35(5)46(66-36(6)58)40(27-39)29-52/h8-17,26-27,29,33-34,41-44,52H,18-25,28,30-32H2,1-7H3,(H3-,53,54,55,56,59,61,62,63)/p+1/t41-,42-,43-,44-,51+/m0/s1. The zero-order valence-corrected chi connectivity index (χ0v) is 39.6. The molecule has 2 aliphatic rings. The van der Waals surface area contributed by atoms with Crippen LogP contribution in [0, 0.1) is 24.2 Å². The third-order valence-corrected chi connectivity index (χ3v) is 12.1. The summed E-state index contributed by atoms with van der Waals surface area (Å²) in [6.45, 7) is 15.2. The topological polar surface area (TPSA) is 205 Å². The summed E-state index contributed by atoms with van der Waals surface area (Å²) in [6.07, 6.45) is 2.62. The predicted molar refractivity (Wildman–Crippen MR) is 251 cm³/mol. The van der Waals surface area contributed by atoms with E-state index in [9.17, 15) is 28.8 Å². The number of benzene rings is 3. The van der Waals surface area contributed by atoms with Gasteiger partial charge >= 0.3 is 5.97 Å². The summed E-state index contributed by atoms with van der Waals surface area (Å²) in [7, 11) is 0. The maximum atomic E-state index is 14.5. The zero-order chi connectivity index (χ0) is 48.0. The number of nitrogens with one attached hydrogen (secondary N) is 5. The minimum absolute atomic E-state index is 0.0287. The van der Waals surface area contributed by atoms with E-state index in [2.05, 4.69) is 21.3 Å². The molecule has 3 aromatic carbocycles. The number of rotatable bonds is 24. The summed E-state index contributed by atoms with van der Waals surface area (Å²) < 4.78 is 16.9. The van der Waals surface area contributed by atoms with Gasteiger partial charge in [-0.05, 0) is 80.2 Å². The van der Waals surface area contributed by atoms with Gasteiger partial charge in [0, 0.05) is 30.7 Å². The second-order valence-electron chi connectivity index (χ2n) is 18.9. The van der Waals surface area contributed by atoms with Crippen molar-refractivity contribution in [3.63, 3.8) is 0 Å². The molecule has 0 spiro atoms. The van der Waals surface area contributed by atoms with Crippen LogP contribution in [0.4, 0.5) is 0 Å². The smallest absolute Gasteiger partial charge is 0.308 e. The quantitative estimate of drug-likeness (QED) is 0.0281. The summed E-state index contributed by atoms with van der Waals surface area (Å²) in [6, 6.07) is 18.6. The van der Waals surface area contributed by atoms with Gasteiger partial charge < -0.3 is 45.4 Å². The fourth-order valence-electron chi connectivity index (χ4n) is 8.52. The maximum Gasteiger partial charge on any atom is 0.308 e. The van der Waals surface area contributed by atoms with Crippen LogP contribution in [-0.4, -0.2) is 115 Å². The van der Waals surface area contributed by atoms with Crippen molar-refractivity contribution >= 4 is 41.6 Å². The van der Waals surface area contributed by atoms with Crippen LogP contribution in [0.25, 0.3) is 0 Å². The fraction of sp³-hybridized carbons (Fsp3) is 0.510. The summed E-state index contributed by atoms with van der Waals surface area (Å²) in [4.78, 5) is 82.6. The summed E-state index contributed by atoms with van der Waals surface area (Å²) in [5, 5.41) is 19.8. The Morgan fingerprint density at radius 1 is 0.758 bits per heavy atom. The van der Waals surface area contributed by atoms with Gasteiger partial charge in [0.1, 0.15) is 49.1 Å². The highest BCUT2D eigenvalue weighted by atomic mass is 16.6. The van der Waals surface area contributed by atoms with Crippen LogP contribution in [0.2, 0.25) is 0 Å². The number of ketones is 1. The molecule has 66 heavy (non-hydrogen) atoms. The van der Waals surface area contributed by atoms with E-state index in [1.807, 2.05) is 101 Å². The van der Waals surface area contributed by atoms with Crippen molar-refractivity contribution in [2.75, 3.05) is 39.5 Å². The molecule has 15 nitrogen and oxygen atoms in total. The number of amides is 4. The fourth-order valence-corrected chi connectivity index (χ4v) is 8.52. The van der Waals surface area contributed by atoms with Crippen LogP contribution in [0.3, 0.4) is 0 Å². The van der Waals surface area contributed by atoms with E-state index in [0.717, 1.165) is 22.9 Å². The Bertz CT molecular complexity index is 2170. The van der Waals surface area contributed by atoms with Crippen molar-refractivity contribution in [2.24, 2.45) is 11.8 Å². The maximum absolute atomic E-state index is 14.5. The molecule has 0 bridgehead atoms. The number of hydrogen-bond donors (Lipinski definition) is 5. The van der Waals surface area contributed by atoms with E-state index < -0.39 is 53.5 Å². The Kier molecular flexibility index (Phi) is 18.3. The van der Waals surface area contributed by atoms with Crippen LogP contribution in [-0.2, 0) is 57.6 Å². The van der Waals surface area contributed by atoms with Gasteiger partial charge in [-0.3, -0.25) is 28.8 Å². The lowest BCUT2D eigenvalue weighted by atomic mass is 9.93. The van der Waals surface area contributed by atoms with Crippen molar-refractivity contribution in [3.05, 3.63) is 101 Å². The summed E-state index contributed by atoms with van der Waals surface area (Å²) >= 11 is 0. The highest BCUT2D eigenvalue weighted by molar-refractivity contribution is 5.99. The summed E-state index contributed by atoms with van der Waals surface area (Å²) in [5.74, 6) is -2.33. The van der Waals surface area contributed by atoms with Crippen LogP contribution in [0.15, 0.2) is 72.8 Å². The number of epoxide rings is 1. The molecular weight excluding hydrogens is 841 g/mol. The van der Waals surface area contributed by atoms with Gasteiger partial charge in [-0.1, -0.05) is 88.4 Å². The lowest BCUT2D eigenvalue weighted by molar-refractivity contribution is -0.940. The molecule has 0 aromatic heterocycles. The van der Waals surface area contributed by atoms with Crippen LogP contribution >= 0.6 is 0 Å². The first kappa shape index (κ1) is 51.2. The first-order valence-electron chi connectivity index (χ1n) is 23.1. The van der Waals surface area contributed by atoms with Gasteiger partial charge in [0.25, 0.3) is 5.91 Å². The van der Waals surface area contributed by atoms with Crippen molar-refractivity contribution < 1.29 is 47.5 Å². The van der Waals surface area contributed by atoms with E-state index in [-0.39, 0.29) is 55.9 Å². The Labute approximate surface area is 389 Å². The molecular formula is C51H69N6O9+. The van der Waals surface area contributed by atoms with E-state index in [0.29, 0.717) is 67.0 Å². The van der Waals surface area contributed by atoms with Gasteiger partial charge in [0.05, 0.1) is 25.9 Å². The largest absolute Gasteiger partial charge is 0.426 e. The Morgan fingerprint density at radius 2 is 1.30 bits per heavy atom. The number of carbonyl (C=O) groups excluding carboxylic acids is 6. The Hall–Kier alpha value is -5.77. The Balaban J connectivity index is 1.37. The molecule has 15 heteroatoms. The number of carbonyl (C=O) groups is 6. The highest BCUT2D eigenvalue weighted by Crippen LogP contribution is 2.30. The number of aryl methyl sites for hydroxylation is 2. The van der Waals surface area contributed by atoms with Gasteiger partial charge in [0.2, 0.25) is 17.7 Å². The molecule has 4 amide bonds. The normalized spacial score (nSPS) is 18.3. The molecule has 3 aromatic rings. The van der Waals surface area contributed by atoms with Gasteiger partial charge in [0.15, 0.2) is 12.3 Å². The minimum Gasteiger partial charge on any atom is -0.426 e. The number of nitrogens with zero attached hydrogens (tertiary/aromatic N) is 1. The summed E-state index contributed by atoms with van der Waals surface area (Å²) in [5.41, 5.74) is 2.79. The molecule has 5 rings (SSSR count). The van der Waals surface area contributed by atoms with Crippen molar-refractivity contribution in [1.82, 2.24) is 21.3 Å². The van der Waals surface area contributed by atoms with E-state index >= 15 is 0 Å². The molecule has 5 N–H and O–H groups in total. The number of esters is 1. The Morgan fingerprint density at radius 3 is 1.88 bits per heavy atom. The third-order valence-electron chi connectivity index (χ3n) is 12.1. The van der Waals surface area contributed by atoms with Crippen LogP contribution < -0.4 is 26.0 Å². The molecule has 5 atom stereocenters. The molecule has 2 aliphatic heterocycles. The highest BCUT2D eigenvalue weighted by Gasteiger charge is 2.50. The number of ether oxygens (including phenoxy) is 3. The molecule has 2 heterocycles. The van der Waals surface area contributed by atoms with Crippen molar-refractivity contribution in [3.8, 4) is 5.75 Å². The molecule has 356 valence electrons. The van der Waals surface area contributed by atoms with Gasteiger partial charge in [-0.15, -0.1) is 0 Å². The number of quaternary nitrogens is 1. The van der Waals surface area contributed by atoms with E-state index in [1.165, 1.54) is 6.92 Å². The second-order valence-corrected chi connectivity index (χ2v) is 18.9. The van der Waals surface area contributed by atoms with Gasteiger partial charge in [-0.25, -0.2) is 0 Å². The SMILES string of the molecule is CC(=O)Oc1c(C)cc(C[N+]2(CC(=O)N[C@@H](CCc3ccccc3)C(=O)N[C@@H](CC(C)C)C(=O)N[C@@H](Cc3ccccc3)C(=O)N[C@@H](CC(C)C)C(=O)[C@@]3(C)CO3)CCOCC2)cc1C=N. The number of hydrogen-bond acceptors (Lipinski definition) is 10. The molecule has 0 aliphatic carbocycles. The first-order chi connectivity index (χ1) is 31.4. The number of Topliss-reactive ketones (excluding diaryl/α,β-unsaturated/α-hetero) is 1. The number of morpholine rings is 1. The molecule has 0 radical (unpaired) electrons.